The van der Waals surface area contributed by atoms with E-state index in [-0.39, 0.29) is 5.44 Å². The van der Waals surface area contributed by atoms with Crippen molar-refractivity contribution in [3.63, 3.8) is 0 Å². The predicted octanol–water partition coefficient (Wildman–Crippen LogP) is 1.51. The van der Waals surface area contributed by atoms with Crippen molar-refractivity contribution in [2.75, 3.05) is 0 Å². The maximum atomic E-state index is 4.93. The molecule has 0 aliphatic carbocycles. The van der Waals surface area contributed by atoms with Crippen LogP contribution >= 0.6 is 12.6 Å². The van der Waals surface area contributed by atoms with Crippen LogP contribution in [0, 0.1) is 0 Å². The lowest BCUT2D eigenvalue weighted by atomic mass is 10.2. The third-order valence-electron chi connectivity index (χ3n) is 1.21. The molecule has 0 aromatic heterocycles. The summed E-state index contributed by atoms with van der Waals surface area (Å²) < 4.78 is 0. The van der Waals surface area contributed by atoms with Crippen molar-refractivity contribution in [3.8, 4) is 0 Å². The van der Waals surface area contributed by atoms with Crippen LogP contribution in [0.3, 0.4) is 0 Å². The van der Waals surface area contributed by atoms with E-state index in [2.05, 4.69) is 17.5 Å². The van der Waals surface area contributed by atoms with Crippen molar-refractivity contribution in [2.45, 2.75) is 5.44 Å². The first kappa shape index (κ1) is 7.60. The SMILES string of the molecule is NOC(S)c1ccccc1. The van der Waals surface area contributed by atoms with Crippen molar-refractivity contribution in [3.05, 3.63) is 35.9 Å². The summed E-state index contributed by atoms with van der Waals surface area (Å²) in [6.07, 6.45) is 0. The van der Waals surface area contributed by atoms with Crippen LogP contribution in [0.5, 0.6) is 0 Å². The Hall–Kier alpha value is -0.510. The lowest BCUT2D eigenvalue weighted by molar-refractivity contribution is 0.117. The Bertz CT molecular complexity index is 190. The zero-order chi connectivity index (χ0) is 7.40. The highest BCUT2D eigenvalue weighted by molar-refractivity contribution is 7.80. The first-order valence-corrected chi connectivity index (χ1v) is 3.45. The maximum Gasteiger partial charge on any atom is 0.146 e. The molecular weight excluding hydrogens is 146 g/mol. The van der Waals surface area contributed by atoms with Gasteiger partial charge < -0.3 is 0 Å². The van der Waals surface area contributed by atoms with Crippen molar-refractivity contribution in [1.29, 1.82) is 0 Å². The van der Waals surface area contributed by atoms with E-state index in [0.717, 1.165) is 5.56 Å². The van der Waals surface area contributed by atoms with Gasteiger partial charge >= 0.3 is 0 Å². The third kappa shape index (κ3) is 1.73. The van der Waals surface area contributed by atoms with Crippen LogP contribution in [0.4, 0.5) is 0 Å². The molecule has 0 amide bonds. The highest BCUT2D eigenvalue weighted by Gasteiger charge is 2.01. The smallest absolute Gasteiger partial charge is 0.146 e. The highest BCUT2D eigenvalue weighted by Crippen LogP contribution is 2.17. The number of thiol groups is 1. The highest BCUT2D eigenvalue weighted by atomic mass is 32.1. The fourth-order valence-electron chi connectivity index (χ4n) is 0.696. The Morgan fingerprint density at radius 1 is 1.30 bits per heavy atom. The summed E-state index contributed by atoms with van der Waals surface area (Å²) in [4.78, 5) is 4.50. The van der Waals surface area contributed by atoms with E-state index in [1.165, 1.54) is 0 Å². The number of hydrogen-bond acceptors (Lipinski definition) is 3. The summed E-state index contributed by atoms with van der Waals surface area (Å²) >= 11 is 4.07. The van der Waals surface area contributed by atoms with Crippen molar-refractivity contribution in [2.24, 2.45) is 5.90 Å². The molecule has 0 heterocycles. The molecule has 0 saturated carbocycles. The van der Waals surface area contributed by atoms with Crippen LogP contribution in [0.1, 0.15) is 11.0 Å². The van der Waals surface area contributed by atoms with Gasteiger partial charge in [-0.2, -0.15) is 0 Å². The molecule has 2 nitrogen and oxygen atoms in total. The summed E-state index contributed by atoms with van der Waals surface area (Å²) in [5, 5.41) is 0. The normalized spacial score (nSPS) is 13.0. The zero-order valence-electron chi connectivity index (χ0n) is 5.40. The first-order chi connectivity index (χ1) is 4.84. The van der Waals surface area contributed by atoms with Crippen LogP contribution < -0.4 is 5.90 Å². The van der Waals surface area contributed by atoms with Crippen molar-refractivity contribution >= 4 is 12.6 Å². The molecule has 10 heavy (non-hydrogen) atoms. The van der Waals surface area contributed by atoms with Crippen LogP contribution in [0.25, 0.3) is 0 Å². The summed E-state index contributed by atoms with van der Waals surface area (Å²) in [7, 11) is 0. The molecule has 0 saturated heterocycles. The second-order valence-corrected chi connectivity index (χ2v) is 2.37. The number of hydrogen-bond donors (Lipinski definition) is 2. The van der Waals surface area contributed by atoms with Gasteiger partial charge in [0.05, 0.1) is 0 Å². The van der Waals surface area contributed by atoms with E-state index in [9.17, 15) is 0 Å². The molecule has 54 valence electrons. The molecule has 0 spiro atoms. The largest absolute Gasteiger partial charge is 0.286 e. The quantitative estimate of drug-likeness (QED) is 0.385. The van der Waals surface area contributed by atoms with Gasteiger partial charge in [-0.3, -0.25) is 4.84 Å². The Morgan fingerprint density at radius 3 is 2.40 bits per heavy atom. The van der Waals surface area contributed by atoms with Gasteiger partial charge in [-0.05, 0) is 5.56 Å². The average Bonchev–Trinajstić information content (AvgIpc) is 2.05. The molecule has 0 bridgehead atoms. The summed E-state index contributed by atoms with van der Waals surface area (Å²) in [5.74, 6) is 4.93. The minimum atomic E-state index is -0.318. The minimum Gasteiger partial charge on any atom is -0.286 e. The van der Waals surface area contributed by atoms with E-state index < -0.39 is 0 Å². The van der Waals surface area contributed by atoms with Crippen LogP contribution in [-0.4, -0.2) is 0 Å². The molecule has 1 unspecified atom stereocenters. The van der Waals surface area contributed by atoms with E-state index in [1.807, 2.05) is 30.3 Å². The zero-order valence-corrected chi connectivity index (χ0v) is 6.29. The summed E-state index contributed by atoms with van der Waals surface area (Å²) in [6, 6.07) is 9.57. The molecule has 0 fully saturated rings. The molecule has 1 aromatic rings. The van der Waals surface area contributed by atoms with Gasteiger partial charge in [0, 0.05) is 0 Å². The summed E-state index contributed by atoms with van der Waals surface area (Å²) in [5.41, 5.74) is 0.648. The summed E-state index contributed by atoms with van der Waals surface area (Å²) in [6.45, 7) is 0. The van der Waals surface area contributed by atoms with Crippen LogP contribution in [0.2, 0.25) is 0 Å². The van der Waals surface area contributed by atoms with Crippen molar-refractivity contribution < 1.29 is 4.84 Å². The lowest BCUT2D eigenvalue weighted by Gasteiger charge is -2.05. The second kappa shape index (κ2) is 3.61. The number of rotatable bonds is 2. The fourth-order valence-corrected chi connectivity index (χ4v) is 0.868. The molecule has 1 rings (SSSR count). The molecule has 1 atom stereocenters. The Morgan fingerprint density at radius 2 is 1.90 bits per heavy atom. The predicted molar refractivity (Wildman–Crippen MR) is 43.4 cm³/mol. The fraction of sp³-hybridized carbons (Fsp3) is 0.143. The molecule has 1 aromatic carbocycles. The topological polar surface area (TPSA) is 35.2 Å². The first-order valence-electron chi connectivity index (χ1n) is 2.93. The van der Waals surface area contributed by atoms with Gasteiger partial charge in [-0.15, -0.1) is 12.6 Å². The molecule has 0 aliphatic heterocycles. The Labute approximate surface area is 65.4 Å². The van der Waals surface area contributed by atoms with Crippen molar-refractivity contribution in [1.82, 2.24) is 0 Å². The van der Waals surface area contributed by atoms with Gasteiger partial charge in [0.1, 0.15) is 5.44 Å². The monoisotopic (exact) mass is 155 g/mol. The third-order valence-corrected chi connectivity index (χ3v) is 1.63. The standard InChI is InChI=1S/C7H9NOS/c8-9-7(10)6-4-2-1-3-5-6/h1-5,7,10H,8H2. The van der Waals surface area contributed by atoms with Gasteiger partial charge in [0.2, 0.25) is 0 Å². The molecule has 0 aliphatic rings. The average molecular weight is 155 g/mol. The maximum absolute atomic E-state index is 4.93. The number of benzene rings is 1. The van der Waals surface area contributed by atoms with Gasteiger partial charge in [-0.25, -0.2) is 5.90 Å². The Balaban J connectivity index is 2.75. The second-order valence-electron chi connectivity index (χ2n) is 1.90. The molecule has 2 N–H and O–H groups in total. The van der Waals surface area contributed by atoms with Gasteiger partial charge in [0.25, 0.3) is 0 Å². The minimum absolute atomic E-state index is 0.318. The lowest BCUT2D eigenvalue weighted by Crippen LogP contribution is -2.02. The van der Waals surface area contributed by atoms with Crippen LogP contribution in [0.15, 0.2) is 30.3 Å². The number of nitrogens with two attached hydrogens (primary N) is 1. The van der Waals surface area contributed by atoms with Crippen LogP contribution in [-0.2, 0) is 4.84 Å². The van der Waals surface area contributed by atoms with Gasteiger partial charge in [0.15, 0.2) is 0 Å². The van der Waals surface area contributed by atoms with Gasteiger partial charge in [-0.1, -0.05) is 30.3 Å². The van der Waals surface area contributed by atoms with E-state index in [1.54, 1.807) is 0 Å². The Kier molecular flexibility index (Phi) is 2.74. The molecule has 3 heteroatoms. The van der Waals surface area contributed by atoms with E-state index in [4.69, 9.17) is 5.90 Å². The van der Waals surface area contributed by atoms with E-state index >= 15 is 0 Å². The van der Waals surface area contributed by atoms with E-state index in [0.29, 0.717) is 0 Å². The molecular formula is C7H9NOS. The molecule has 0 radical (unpaired) electrons.